The number of amides is 1. The van der Waals surface area contributed by atoms with Crippen molar-refractivity contribution < 1.29 is 14.3 Å². The summed E-state index contributed by atoms with van der Waals surface area (Å²) >= 11 is 0. The summed E-state index contributed by atoms with van der Waals surface area (Å²) in [6, 6.07) is 8.50. The Morgan fingerprint density at radius 3 is 2.37 bits per heavy atom. The van der Waals surface area contributed by atoms with Crippen LogP contribution in [-0.2, 0) is 15.1 Å². The summed E-state index contributed by atoms with van der Waals surface area (Å²) in [4.78, 5) is 17.6. The largest absolute Gasteiger partial charge is 0.377 e. The van der Waals surface area contributed by atoms with E-state index in [0.29, 0.717) is 12.1 Å². The monoisotopic (exact) mass is 414 g/mol. The molecule has 0 spiro atoms. The highest BCUT2D eigenvalue weighted by Crippen LogP contribution is 2.30. The fraction of sp³-hybridized carbons (Fsp3) is 0.720. The van der Waals surface area contributed by atoms with Gasteiger partial charge in [0.15, 0.2) is 0 Å². The SMILES string of the molecule is COC(C)(C)c1ccc(C(=O)N2CCC(N3CCCC(OCC4CC4)C3)CC2)cc1. The smallest absolute Gasteiger partial charge is 0.253 e. The molecular weight excluding hydrogens is 376 g/mol. The zero-order chi connectivity index (χ0) is 21.1. The van der Waals surface area contributed by atoms with E-state index in [9.17, 15) is 4.79 Å². The van der Waals surface area contributed by atoms with Gasteiger partial charge in [0.05, 0.1) is 11.7 Å². The van der Waals surface area contributed by atoms with Gasteiger partial charge in [-0.2, -0.15) is 0 Å². The van der Waals surface area contributed by atoms with Gasteiger partial charge in [0.2, 0.25) is 0 Å². The van der Waals surface area contributed by atoms with E-state index >= 15 is 0 Å². The summed E-state index contributed by atoms with van der Waals surface area (Å²) in [5.74, 6) is 0.990. The second-order valence-electron chi connectivity index (χ2n) is 9.85. The van der Waals surface area contributed by atoms with E-state index < -0.39 is 0 Å². The van der Waals surface area contributed by atoms with Gasteiger partial charge < -0.3 is 14.4 Å². The highest BCUT2D eigenvalue weighted by atomic mass is 16.5. The first-order chi connectivity index (χ1) is 14.5. The number of carbonyl (C=O) groups excluding carboxylic acids is 1. The minimum absolute atomic E-state index is 0.152. The predicted molar refractivity (Wildman–Crippen MR) is 119 cm³/mol. The van der Waals surface area contributed by atoms with E-state index in [4.69, 9.17) is 9.47 Å². The van der Waals surface area contributed by atoms with Crippen molar-refractivity contribution >= 4 is 5.91 Å². The van der Waals surface area contributed by atoms with Gasteiger partial charge in [0.25, 0.3) is 5.91 Å². The molecule has 30 heavy (non-hydrogen) atoms. The molecular formula is C25H38N2O3. The Balaban J connectivity index is 1.27. The number of nitrogens with zero attached hydrogens (tertiary/aromatic N) is 2. The van der Waals surface area contributed by atoms with Gasteiger partial charge in [0.1, 0.15) is 0 Å². The summed E-state index contributed by atoms with van der Waals surface area (Å²) in [6.45, 7) is 8.98. The Hall–Kier alpha value is -1.43. The Kier molecular flexibility index (Phi) is 6.81. The number of piperidine rings is 2. The van der Waals surface area contributed by atoms with Crippen LogP contribution >= 0.6 is 0 Å². The van der Waals surface area contributed by atoms with Crippen molar-refractivity contribution in [1.29, 1.82) is 0 Å². The van der Waals surface area contributed by atoms with Crippen molar-refractivity contribution in [3.8, 4) is 0 Å². The van der Waals surface area contributed by atoms with E-state index in [0.717, 1.165) is 56.1 Å². The van der Waals surface area contributed by atoms with E-state index in [1.54, 1.807) is 7.11 Å². The van der Waals surface area contributed by atoms with Gasteiger partial charge >= 0.3 is 0 Å². The molecule has 1 aliphatic carbocycles. The normalized spacial score (nSPS) is 24.2. The molecule has 5 nitrogen and oxygen atoms in total. The fourth-order valence-electron chi connectivity index (χ4n) is 4.74. The number of likely N-dealkylation sites (tertiary alicyclic amines) is 2. The lowest BCUT2D eigenvalue weighted by Crippen LogP contribution is -2.51. The van der Waals surface area contributed by atoms with E-state index in [-0.39, 0.29) is 11.5 Å². The van der Waals surface area contributed by atoms with E-state index in [1.165, 1.54) is 32.2 Å². The molecule has 2 heterocycles. The maximum absolute atomic E-state index is 13.0. The lowest BCUT2D eigenvalue weighted by Gasteiger charge is -2.42. The minimum atomic E-state index is -0.339. The summed E-state index contributed by atoms with van der Waals surface area (Å²) < 4.78 is 11.7. The third kappa shape index (κ3) is 5.24. The van der Waals surface area contributed by atoms with Gasteiger partial charge in [0, 0.05) is 45.0 Å². The molecule has 5 heteroatoms. The standard InChI is InChI=1S/C25H38N2O3/c1-25(2,29-3)21-10-8-20(9-11-21)24(28)26-15-12-22(13-16-26)27-14-4-5-23(17-27)30-18-19-6-7-19/h8-11,19,22-23H,4-7,12-18H2,1-3H3. The number of methoxy groups -OCH3 is 1. The van der Waals surface area contributed by atoms with Gasteiger partial charge in [-0.15, -0.1) is 0 Å². The molecule has 166 valence electrons. The second kappa shape index (κ2) is 9.37. The molecule has 1 aromatic rings. The van der Waals surface area contributed by atoms with Crippen LogP contribution in [0.3, 0.4) is 0 Å². The number of hydrogen-bond acceptors (Lipinski definition) is 4. The maximum Gasteiger partial charge on any atom is 0.253 e. The van der Waals surface area contributed by atoms with Crippen LogP contribution in [0.1, 0.15) is 68.3 Å². The molecule has 3 fully saturated rings. The lowest BCUT2D eigenvalue weighted by molar-refractivity contribution is -0.0244. The van der Waals surface area contributed by atoms with Crippen LogP contribution in [0.25, 0.3) is 0 Å². The summed E-state index contributed by atoms with van der Waals surface area (Å²) in [5, 5.41) is 0. The fourth-order valence-corrected chi connectivity index (χ4v) is 4.74. The molecule has 1 amide bonds. The predicted octanol–water partition coefficient (Wildman–Crippen LogP) is 4.06. The molecule has 4 rings (SSSR count). The van der Waals surface area contributed by atoms with Crippen molar-refractivity contribution in [2.75, 3.05) is 39.9 Å². The topological polar surface area (TPSA) is 42.0 Å². The molecule has 1 aromatic carbocycles. The highest BCUT2D eigenvalue weighted by Gasteiger charge is 2.32. The van der Waals surface area contributed by atoms with Crippen LogP contribution < -0.4 is 0 Å². The first-order valence-corrected chi connectivity index (χ1v) is 11.8. The van der Waals surface area contributed by atoms with Crippen molar-refractivity contribution in [2.24, 2.45) is 5.92 Å². The summed E-state index contributed by atoms with van der Waals surface area (Å²) in [7, 11) is 1.72. The van der Waals surface area contributed by atoms with Crippen LogP contribution in [0.5, 0.6) is 0 Å². The molecule has 1 saturated carbocycles. The second-order valence-corrected chi connectivity index (χ2v) is 9.85. The third-order valence-electron chi connectivity index (χ3n) is 7.28. The van der Waals surface area contributed by atoms with Crippen LogP contribution in [0, 0.1) is 5.92 Å². The molecule has 0 bridgehead atoms. The number of benzene rings is 1. The molecule has 0 N–H and O–H groups in total. The Labute approximate surface area is 181 Å². The first-order valence-electron chi connectivity index (χ1n) is 11.8. The zero-order valence-corrected chi connectivity index (χ0v) is 18.9. The molecule has 0 radical (unpaired) electrons. The molecule has 1 atom stereocenters. The number of rotatable bonds is 7. The minimum Gasteiger partial charge on any atom is -0.377 e. The highest BCUT2D eigenvalue weighted by molar-refractivity contribution is 5.94. The van der Waals surface area contributed by atoms with Crippen molar-refractivity contribution in [3.05, 3.63) is 35.4 Å². The Morgan fingerprint density at radius 2 is 1.73 bits per heavy atom. The maximum atomic E-state index is 13.0. The van der Waals surface area contributed by atoms with Crippen LogP contribution in [0.4, 0.5) is 0 Å². The van der Waals surface area contributed by atoms with Gasteiger partial charge in [-0.25, -0.2) is 0 Å². The van der Waals surface area contributed by atoms with Crippen LogP contribution in [0.15, 0.2) is 24.3 Å². The van der Waals surface area contributed by atoms with E-state index in [2.05, 4.69) is 4.90 Å². The van der Waals surface area contributed by atoms with Crippen LogP contribution in [0.2, 0.25) is 0 Å². The van der Waals surface area contributed by atoms with Crippen molar-refractivity contribution in [1.82, 2.24) is 9.80 Å². The van der Waals surface area contributed by atoms with Gasteiger partial charge in [-0.3, -0.25) is 9.69 Å². The zero-order valence-electron chi connectivity index (χ0n) is 18.9. The average Bonchev–Trinajstić information content (AvgIpc) is 3.62. The van der Waals surface area contributed by atoms with Gasteiger partial charge in [-0.1, -0.05) is 12.1 Å². The summed E-state index contributed by atoms with van der Waals surface area (Å²) in [6.07, 6.45) is 7.70. The number of ether oxygens (including phenoxy) is 2. The third-order valence-corrected chi connectivity index (χ3v) is 7.28. The summed E-state index contributed by atoms with van der Waals surface area (Å²) in [5.41, 5.74) is 1.52. The number of hydrogen-bond donors (Lipinski definition) is 0. The lowest BCUT2D eigenvalue weighted by atomic mass is 9.96. The Bertz CT molecular complexity index is 706. The first kappa shape index (κ1) is 21.8. The molecule has 0 aromatic heterocycles. The van der Waals surface area contributed by atoms with Crippen LogP contribution in [-0.4, -0.2) is 67.7 Å². The van der Waals surface area contributed by atoms with Gasteiger partial charge in [-0.05, 0) is 82.5 Å². The average molecular weight is 415 g/mol. The molecule has 1 unspecified atom stereocenters. The molecule has 2 saturated heterocycles. The van der Waals surface area contributed by atoms with Crippen molar-refractivity contribution in [3.63, 3.8) is 0 Å². The number of carbonyl (C=O) groups is 1. The Morgan fingerprint density at radius 1 is 1.03 bits per heavy atom. The van der Waals surface area contributed by atoms with E-state index in [1.807, 2.05) is 43.0 Å². The molecule has 3 aliphatic rings. The van der Waals surface area contributed by atoms with Crippen molar-refractivity contribution in [2.45, 2.75) is 70.1 Å². The quantitative estimate of drug-likeness (QED) is 0.675. The molecule has 2 aliphatic heterocycles.